The van der Waals surface area contributed by atoms with Crippen LogP contribution in [0.1, 0.15) is 13.8 Å². The summed E-state index contributed by atoms with van der Waals surface area (Å²) in [5, 5.41) is 0. The maximum Gasteiger partial charge on any atom is -0.0629 e. The summed E-state index contributed by atoms with van der Waals surface area (Å²) in [6.07, 6.45) is 14.1. The van der Waals surface area contributed by atoms with Crippen molar-refractivity contribution in [2.75, 3.05) is 0 Å². The number of rotatable bonds is 4. The van der Waals surface area contributed by atoms with Crippen molar-refractivity contribution in [1.29, 1.82) is 0 Å². The minimum Gasteiger partial charge on any atom is -0.0991 e. The summed E-state index contributed by atoms with van der Waals surface area (Å²) in [6, 6.07) is 0. The lowest BCUT2D eigenvalue weighted by Crippen LogP contribution is -1.38. The molecule has 0 aromatic rings. The molecule has 0 saturated heterocycles. The predicted molar refractivity (Wildman–Crippen MR) is 70.4 cm³/mol. The van der Waals surface area contributed by atoms with E-state index in [2.05, 4.69) is 26.3 Å². The molecule has 0 spiro atoms. The monoisotopic (exact) mass is 190 g/mol. The summed E-state index contributed by atoms with van der Waals surface area (Å²) in [4.78, 5) is 0. The maximum atomic E-state index is 3.46. The second-order valence-corrected chi connectivity index (χ2v) is 1.71. The van der Waals surface area contributed by atoms with Gasteiger partial charge in [-0.2, -0.15) is 0 Å². The number of hydrogen-bond acceptors (Lipinski definition) is 0. The van der Waals surface area contributed by atoms with Crippen molar-refractivity contribution >= 4 is 0 Å². The van der Waals surface area contributed by atoms with Gasteiger partial charge >= 0.3 is 0 Å². The van der Waals surface area contributed by atoms with E-state index >= 15 is 0 Å². The standard InChI is InChI=1S/2C6H8.C2H6/c2*1-3-5-6-4-2;1-2/h2*3-6H,1-2H2;1-2H3/b2*6-5-;. The van der Waals surface area contributed by atoms with Crippen LogP contribution in [-0.4, -0.2) is 0 Å². The fourth-order valence-electron chi connectivity index (χ4n) is 0.314. The van der Waals surface area contributed by atoms with E-state index in [1.165, 1.54) is 0 Å². The highest BCUT2D eigenvalue weighted by Gasteiger charge is 1.47. The number of allylic oxidation sites excluding steroid dienone is 8. The van der Waals surface area contributed by atoms with Gasteiger partial charge in [-0.05, 0) is 0 Å². The Balaban J connectivity index is -0.000000147. The molecule has 0 atom stereocenters. The van der Waals surface area contributed by atoms with Gasteiger partial charge in [0.1, 0.15) is 0 Å². The van der Waals surface area contributed by atoms with Crippen LogP contribution in [0.4, 0.5) is 0 Å². The topological polar surface area (TPSA) is 0 Å². The van der Waals surface area contributed by atoms with Gasteiger partial charge in [-0.15, -0.1) is 0 Å². The molecule has 0 amide bonds. The zero-order chi connectivity index (χ0) is 11.7. The summed E-state index contributed by atoms with van der Waals surface area (Å²) in [5.74, 6) is 0. The summed E-state index contributed by atoms with van der Waals surface area (Å²) in [7, 11) is 0. The molecule has 0 aliphatic heterocycles. The van der Waals surface area contributed by atoms with Crippen molar-refractivity contribution in [2.45, 2.75) is 13.8 Å². The Kier molecular flexibility index (Phi) is 39.2. The Morgan fingerprint density at radius 2 is 0.643 bits per heavy atom. The molecular formula is C14H22. The van der Waals surface area contributed by atoms with Gasteiger partial charge in [-0.25, -0.2) is 0 Å². The van der Waals surface area contributed by atoms with Crippen LogP contribution in [0.5, 0.6) is 0 Å². The predicted octanol–water partition coefficient (Wildman–Crippen LogP) is 4.86. The van der Waals surface area contributed by atoms with E-state index in [0.717, 1.165) is 0 Å². The van der Waals surface area contributed by atoms with Crippen molar-refractivity contribution in [3.05, 3.63) is 74.9 Å². The van der Waals surface area contributed by atoms with Gasteiger partial charge < -0.3 is 0 Å². The van der Waals surface area contributed by atoms with Crippen molar-refractivity contribution in [2.24, 2.45) is 0 Å². The lowest BCUT2D eigenvalue weighted by atomic mass is 10.5. The lowest BCUT2D eigenvalue weighted by Gasteiger charge is -1.60. The van der Waals surface area contributed by atoms with E-state index in [1.807, 2.05) is 38.2 Å². The Labute approximate surface area is 89.4 Å². The molecule has 0 radical (unpaired) electrons. The average molecular weight is 190 g/mol. The van der Waals surface area contributed by atoms with Crippen molar-refractivity contribution in [1.82, 2.24) is 0 Å². The van der Waals surface area contributed by atoms with Crippen LogP contribution < -0.4 is 0 Å². The minimum atomic E-state index is 1.71. The van der Waals surface area contributed by atoms with Crippen LogP contribution in [0.2, 0.25) is 0 Å². The summed E-state index contributed by atoms with van der Waals surface area (Å²) < 4.78 is 0. The molecule has 0 unspecified atom stereocenters. The first kappa shape index (κ1) is 18.3. The first-order valence-electron chi connectivity index (χ1n) is 4.63. The van der Waals surface area contributed by atoms with Gasteiger partial charge in [0.2, 0.25) is 0 Å². The largest absolute Gasteiger partial charge is 0.0991 e. The number of hydrogen-bond donors (Lipinski definition) is 0. The molecule has 14 heavy (non-hydrogen) atoms. The third-order valence-electron chi connectivity index (χ3n) is 0.767. The van der Waals surface area contributed by atoms with Gasteiger partial charge in [0.15, 0.2) is 0 Å². The highest BCUT2D eigenvalue weighted by atomic mass is 13.6. The molecule has 0 nitrogen and oxygen atoms in total. The van der Waals surface area contributed by atoms with Crippen LogP contribution in [-0.2, 0) is 0 Å². The SMILES string of the molecule is C=C/C=C\C=C.C=C/C=C\C=C.CC. The van der Waals surface area contributed by atoms with Gasteiger partial charge in [-0.1, -0.05) is 88.8 Å². The van der Waals surface area contributed by atoms with Crippen LogP contribution in [0, 0.1) is 0 Å². The zero-order valence-corrected chi connectivity index (χ0v) is 9.45. The fraction of sp³-hybridized carbons (Fsp3) is 0.143. The lowest BCUT2D eigenvalue weighted by molar-refractivity contribution is 1.50. The molecule has 0 saturated carbocycles. The molecule has 0 fully saturated rings. The van der Waals surface area contributed by atoms with Crippen molar-refractivity contribution < 1.29 is 0 Å². The average Bonchev–Trinajstić information content (AvgIpc) is 2.27. The molecule has 0 aromatic heterocycles. The highest BCUT2D eigenvalue weighted by Crippen LogP contribution is 1.70. The van der Waals surface area contributed by atoms with Gasteiger partial charge in [0.25, 0.3) is 0 Å². The molecule has 0 heterocycles. The molecule has 78 valence electrons. The van der Waals surface area contributed by atoms with Crippen molar-refractivity contribution in [3.63, 3.8) is 0 Å². The van der Waals surface area contributed by atoms with Crippen LogP contribution in [0.15, 0.2) is 74.9 Å². The minimum absolute atomic E-state index is 1.71. The first-order valence-corrected chi connectivity index (χ1v) is 4.63. The van der Waals surface area contributed by atoms with E-state index in [0.29, 0.717) is 0 Å². The Bertz CT molecular complexity index is 138. The summed E-state index contributed by atoms with van der Waals surface area (Å²) in [6.45, 7) is 17.9. The quantitative estimate of drug-likeness (QED) is 0.556. The van der Waals surface area contributed by atoms with Gasteiger partial charge in [0, 0.05) is 0 Å². The molecular weight excluding hydrogens is 168 g/mol. The van der Waals surface area contributed by atoms with Crippen LogP contribution >= 0.6 is 0 Å². The zero-order valence-electron chi connectivity index (χ0n) is 9.45. The Hall–Kier alpha value is -1.56. The molecule has 0 N–H and O–H groups in total. The molecule has 0 aromatic carbocycles. The Morgan fingerprint density at radius 3 is 0.714 bits per heavy atom. The van der Waals surface area contributed by atoms with Crippen LogP contribution in [0.3, 0.4) is 0 Å². The Morgan fingerprint density at radius 1 is 0.500 bits per heavy atom. The molecule has 0 aliphatic carbocycles. The normalized spacial score (nSPS) is 7.86. The smallest absolute Gasteiger partial charge is 0.0629 e. The highest BCUT2D eigenvalue weighted by molar-refractivity contribution is 5.06. The maximum absolute atomic E-state index is 3.46. The van der Waals surface area contributed by atoms with Crippen LogP contribution in [0.25, 0.3) is 0 Å². The fourth-order valence-corrected chi connectivity index (χ4v) is 0.314. The first-order chi connectivity index (χ1) is 6.83. The second-order valence-electron chi connectivity index (χ2n) is 1.71. The van der Waals surface area contributed by atoms with Gasteiger partial charge in [0.05, 0.1) is 0 Å². The summed E-state index contributed by atoms with van der Waals surface area (Å²) in [5.41, 5.74) is 0. The molecule has 0 bridgehead atoms. The van der Waals surface area contributed by atoms with Crippen molar-refractivity contribution in [3.8, 4) is 0 Å². The molecule has 0 heteroatoms. The third kappa shape index (κ3) is 47.2. The van der Waals surface area contributed by atoms with E-state index in [-0.39, 0.29) is 0 Å². The van der Waals surface area contributed by atoms with E-state index in [9.17, 15) is 0 Å². The van der Waals surface area contributed by atoms with Gasteiger partial charge in [-0.3, -0.25) is 0 Å². The third-order valence-corrected chi connectivity index (χ3v) is 0.767. The van der Waals surface area contributed by atoms with E-state index < -0.39 is 0 Å². The molecule has 0 aliphatic rings. The summed E-state index contributed by atoms with van der Waals surface area (Å²) >= 11 is 0. The van der Waals surface area contributed by atoms with E-state index in [1.54, 1.807) is 24.3 Å². The molecule has 0 rings (SSSR count). The second kappa shape index (κ2) is 30.1. The van der Waals surface area contributed by atoms with E-state index in [4.69, 9.17) is 0 Å².